The van der Waals surface area contributed by atoms with Crippen molar-refractivity contribution in [2.45, 2.75) is 51.5 Å². The normalized spacial score (nSPS) is 15.3. The molecule has 0 saturated carbocycles. The van der Waals surface area contributed by atoms with E-state index in [1.165, 1.54) is 50.1 Å². The summed E-state index contributed by atoms with van der Waals surface area (Å²) in [5.74, 6) is 1.44. The third-order valence-electron chi connectivity index (χ3n) is 10.5. The number of benzene rings is 6. The summed E-state index contributed by atoms with van der Waals surface area (Å²) >= 11 is 1.89. The van der Waals surface area contributed by atoms with Crippen molar-refractivity contribution in [3.05, 3.63) is 215 Å². The first-order valence-corrected chi connectivity index (χ1v) is 20.6. The summed E-state index contributed by atoms with van der Waals surface area (Å²) in [5.41, 5.74) is 22.5. The summed E-state index contributed by atoms with van der Waals surface area (Å²) < 4.78 is 0. The number of nitrogens with zero attached hydrogens (tertiary/aromatic N) is 1. The molecule has 2 nitrogen and oxygen atoms in total. The Bertz CT molecular complexity index is 2290. The van der Waals surface area contributed by atoms with Crippen LogP contribution in [-0.4, -0.2) is 11.5 Å². The Labute approximate surface area is 332 Å². The Morgan fingerprint density at radius 2 is 1.33 bits per heavy atom. The predicted molar refractivity (Wildman–Crippen MR) is 239 cm³/mol. The molecule has 0 radical (unpaired) electrons. The highest BCUT2D eigenvalue weighted by molar-refractivity contribution is 8.02. The van der Waals surface area contributed by atoms with Crippen molar-refractivity contribution >= 4 is 17.5 Å². The van der Waals surface area contributed by atoms with Crippen LogP contribution in [0.25, 0.3) is 33.4 Å². The van der Waals surface area contributed by atoms with E-state index in [-0.39, 0.29) is 6.04 Å². The Kier molecular flexibility index (Phi) is 12.7. The highest BCUT2D eigenvalue weighted by Crippen LogP contribution is 2.43. The molecule has 0 amide bonds. The van der Waals surface area contributed by atoms with Gasteiger partial charge in [0, 0.05) is 11.4 Å². The van der Waals surface area contributed by atoms with E-state index in [1.807, 2.05) is 23.9 Å². The fourth-order valence-electron chi connectivity index (χ4n) is 7.50. The SMILES string of the molecule is CCCC(=C\C=C/SCC1CCc2ccc(-c3ccccc3)cc2-c2cc(-c3ccccc3)ccc21)/C(N)=C/C(=NC(C)c1ccccc1)c1ccccc1. The fourth-order valence-corrected chi connectivity index (χ4v) is 8.38. The molecule has 2 atom stereocenters. The first-order valence-electron chi connectivity index (χ1n) is 19.6. The second-order valence-electron chi connectivity index (χ2n) is 14.3. The maximum atomic E-state index is 6.87. The lowest BCUT2D eigenvalue weighted by Gasteiger charge is -2.18. The van der Waals surface area contributed by atoms with E-state index < -0.39 is 0 Å². The lowest BCUT2D eigenvalue weighted by molar-refractivity contribution is 0.699. The van der Waals surface area contributed by atoms with Crippen LogP contribution in [0, 0.1) is 0 Å². The summed E-state index contributed by atoms with van der Waals surface area (Å²) in [6.07, 6.45) is 10.5. The van der Waals surface area contributed by atoms with Gasteiger partial charge in [-0.1, -0.05) is 171 Å². The van der Waals surface area contributed by atoms with Gasteiger partial charge in [0.05, 0.1) is 11.8 Å². The standard InChI is InChI=1S/C52H50N2S/c1-3-17-43(51(53)36-52(44-24-14-7-15-25-44)54-38(2)39-18-8-4-9-19-39)26-16-33-55-37-47-30-28-42-27-29-45(40-20-10-5-11-21-40)34-49(42)50-35-46(31-32-48(47)50)41-22-12-6-13-23-41/h4-16,18-27,29,31-36,38,47H,3,17,28,30,37,53H2,1-2H3/b33-16-,43-26+,51-36-,54-52?. The molecule has 2 N–H and O–H groups in total. The molecule has 0 aromatic heterocycles. The summed E-state index contributed by atoms with van der Waals surface area (Å²) in [7, 11) is 0. The van der Waals surface area contributed by atoms with Crippen LogP contribution in [0.15, 0.2) is 198 Å². The van der Waals surface area contributed by atoms with Crippen LogP contribution in [0.4, 0.5) is 0 Å². The number of allylic oxidation sites excluding steroid dienone is 4. The van der Waals surface area contributed by atoms with E-state index in [0.29, 0.717) is 5.92 Å². The van der Waals surface area contributed by atoms with Crippen LogP contribution in [-0.2, 0) is 6.42 Å². The number of hydrogen-bond donors (Lipinski definition) is 1. The Morgan fingerprint density at radius 1 is 0.727 bits per heavy atom. The molecular formula is C52H50N2S. The van der Waals surface area contributed by atoms with Crippen LogP contribution in [0.2, 0.25) is 0 Å². The molecule has 274 valence electrons. The number of fused-ring (bicyclic) bond motifs is 3. The molecule has 3 heteroatoms. The van der Waals surface area contributed by atoms with Crippen molar-refractivity contribution in [2.75, 3.05) is 5.75 Å². The van der Waals surface area contributed by atoms with E-state index in [1.54, 1.807) is 0 Å². The first-order chi connectivity index (χ1) is 27.1. The van der Waals surface area contributed by atoms with E-state index in [4.69, 9.17) is 10.7 Å². The van der Waals surface area contributed by atoms with Gasteiger partial charge in [0.1, 0.15) is 0 Å². The second kappa shape index (κ2) is 18.6. The first kappa shape index (κ1) is 37.7. The Morgan fingerprint density at radius 3 is 1.98 bits per heavy atom. The highest BCUT2D eigenvalue weighted by Gasteiger charge is 2.23. The van der Waals surface area contributed by atoms with Crippen LogP contribution in [0.3, 0.4) is 0 Å². The molecule has 0 fully saturated rings. The predicted octanol–water partition coefficient (Wildman–Crippen LogP) is 13.8. The van der Waals surface area contributed by atoms with Gasteiger partial charge in [0.25, 0.3) is 0 Å². The number of aryl methyl sites for hydroxylation is 1. The van der Waals surface area contributed by atoms with Gasteiger partial charge < -0.3 is 5.73 Å². The highest BCUT2D eigenvalue weighted by atomic mass is 32.2. The average molecular weight is 735 g/mol. The minimum absolute atomic E-state index is 0.00751. The topological polar surface area (TPSA) is 38.4 Å². The summed E-state index contributed by atoms with van der Waals surface area (Å²) in [6, 6.07) is 56.5. The van der Waals surface area contributed by atoms with Gasteiger partial charge in [0.2, 0.25) is 0 Å². The van der Waals surface area contributed by atoms with E-state index >= 15 is 0 Å². The van der Waals surface area contributed by atoms with Crippen molar-refractivity contribution in [3.63, 3.8) is 0 Å². The van der Waals surface area contributed by atoms with E-state index in [0.717, 1.165) is 54.0 Å². The molecule has 6 aromatic carbocycles. The molecule has 2 unspecified atom stereocenters. The summed E-state index contributed by atoms with van der Waals surface area (Å²) in [4.78, 5) is 5.16. The van der Waals surface area contributed by atoms with Gasteiger partial charge >= 0.3 is 0 Å². The van der Waals surface area contributed by atoms with Gasteiger partial charge in [-0.25, -0.2) is 0 Å². The number of rotatable bonds is 13. The molecule has 6 aromatic rings. The molecule has 0 aliphatic heterocycles. The number of aliphatic imine (C=N–C) groups is 1. The number of hydrogen-bond acceptors (Lipinski definition) is 3. The molecule has 1 aliphatic carbocycles. The van der Waals surface area contributed by atoms with Gasteiger partial charge in [-0.3, -0.25) is 4.99 Å². The lowest BCUT2D eigenvalue weighted by atomic mass is 9.88. The molecule has 0 bridgehead atoms. The van der Waals surface area contributed by atoms with Crippen LogP contribution in [0.1, 0.15) is 67.3 Å². The summed E-state index contributed by atoms with van der Waals surface area (Å²) in [5, 5.41) is 2.25. The number of thioether (sulfide) groups is 1. The van der Waals surface area contributed by atoms with Crippen LogP contribution >= 0.6 is 11.8 Å². The van der Waals surface area contributed by atoms with Crippen molar-refractivity contribution in [1.82, 2.24) is 0 Å². The van der Waals surface area contributed by atoms with E-state index in [2.05, 4.69) is 183 Å². The maximum absolute atomic E-state index is 6.87. The monoisotopic (exact) mass is 734 g/mol. The maximum Gasteiger partial charge on any atom is 0.0728 e. The molecule has 0 spiro atoms. The molecule has 0 heterocycles. The Hall–Kier alpha value is -5.64. The zero-order valence-electron chi connectivity index (χ0n) is 31.9. The largest absolute Gasteiger partial charge is 0.398 e. The lowest BCUT2D eigenvalue weighted by Crippen LogP contribution is -2.08. The van der Waals surface area contributed by atoms with E-state index in [9.17, 15) is 0 Å². The average Bonchev–Trinajstić information content (AvgIpc) is 3.40. The zero-order chi connectivity index (χ0) is 37.8. The third kappa shape index (κ3) is 9.54. The van der Waals surface area contributed by atoms with Gasteiger partial charge in [0.15, 0.2) is 0 Å². The molecular weight excluding hydrogens is 685 g/mol. The molecule has 55 heavy (non-hydrogen) atoms. The van der Waals surface area contributed by atoms with Crippen LogP contribution < -0.4 is 5.73 Å². The number of nitrogens with two attached hydrogens (primary N) is 1. The van der Waals surface area contributed by atoms with Crippen molar-refractivity contribution in [1.29, 1.82) is 0 Å². The molecule has 7 rings (SSSR count). The molecule has 1 aliphatic rings. The smallest absolute Gasteiger partial charge is 0.0728 e. The fraction of sp³-hybridized carbons (Fsp3) is 0.173. The second-order valence-corrected chi connectivity index (χ2v) is 15.3. The quantitative estimate of drug-likeness (QED) is 0.0948. The van der Waals surface area contributed by atoms with Gasteiger partial charge in [-0.15, -0.1) is 11.8 Å². The van der Waals surface area contributed by atoms with Crippen LogP contribution in [0.5, 0.6) is 0 Å². The zero-order valence-corrected chi connectivity index (χ0v) is 32.8. The Balaban J connectivity index is 1.13. The minimum Gasteiger partial charge on any atom is -0.398 e. The van der Waals surface area contributed by atoms with Gasteiger partial charge in [-0.05, 0) is 117 Å². The van der Waals surface area contributed by atoms with Crippen molar-refractivity contribution in [2.24, 2.45) is 10.7 Å². The van der Waals surface area contributed by atoms with Gasteiger partial charge in [-0.2, -0.15) is 0 Å². The van der Waals surface area contributed by atoms with Crippen molar-refractivity contribution < 1.29 is 0 Å². The molecule has 0 saturated heterocycles. The van der Waals surface area contributed by atoms with Crippen molar-refractivity contribution in [3.8, 4) is 33.4 Å². The minimum atomic E-state index is 0.00751. The summed E-state index contributed by atoms with van der Waals surface area (Å²) in [6.45, 7) is 4.34. The third-order valence-corrected chi connectivity index (χ3v) is 11.5.